The summed E-state index contributed by atoms with van der Waals surface area (Å²) in [6, 6.07) is 0. The number of nitrogens with zero attached hydrogens (tertiary/aromatic N) is 1. The number of amides is 1. The molecule has 0 bridgehead atoms. The summed E-state index contributed by atoms with van der Waals surface area (Å²) < 4.78 is 0. The van der Waals surface area contributed by atoms with Gasteiger partial charge in [0.25, 0.3) is 0 Å². The molecule has 0 aliphatic heterocycles. The third kappa shape index (κ3) is 2.33. The molecule has 1 amide bonds. The number of nitrogens with one attached hydrogen (secondary N) is 1. The SMILES string of the molecule is CN(C)C1(C(=O)NCC2(O)CCCC2)CCC1. The molecule has 0 radical (unpaired) electrons. The summed E-state index contributed by atoms with van der Waals surface area (Å²) in [6.07, 6.45) is 6.78. The molecule has 2 aliphatic rings. The first kappa shape index (κ1) is 12.8. The van der Waals surface area contributed by atoms with Crippen LogP contribution in [0, 0.1) is 0 Å². The highest BCUT2D eigenvalue weighted by Gasteiger charge is 2.46. The van der Waals surface area contributed by atoms with E-state index < -0.39 is 5.60 Å². The first-order valence-electron chi connectivity index (χ1n) is 6.67. The van der Waals surface area contributed by atoms with E-state index in [2.05, 4.69) is 5.32 Å². The minimum absolute atomic E-state index is 0.0917. The van der Waals surface area contributed by atoms with Crippen LogP contribution in [0.1, 0.15) is 44.9 Å². The Kier molecular flexibility index (Phi) is 3.46. The molecule has 4 heteroatoms. The van der Waals surface area contributed by atoms with Gasteiger partial charge in [0.05, 0.1) is 11.1 Å². The van der Waals surface area contributed by atoms with Crippen molar-refractivity contribution < 1.29 is 9.90 Å². The first-order valence-corrected chi connectivity index (χ1v) is 6.67. The Morgan fingerprint density at radius 2 is 1.76 bits per heavy atom. The number of hydrogen-bond acceptors (Lipinski definition) is 3. The van der Waals surface area contributed by atoms with Gasteiger partial charge in [-0.15, -0.1) is 0 Å². The van der Waals surface area contributed by atoms with Crippen molar-refractivity contribution in [3.05, 3.63) is 0 Å². The molecule has 0 atom stereocenters. The van der Waals surface area contributed by atoms with E-state index in [1.165, 1.54) is 0 Å². The summed E-state index contributed by atoms with van der Waals surface area (Å²) >= 11 is 0. The van der Waals surface area contributed by atoms with Crippen molar-refractivity contribution in [2.45, 2.75) is 56.1 Å². The molecule has 0 saturated heterocycles. The van der Waals surface area contributed by atoms with Gasteiger partial charge in [0.2, 0.25) is 5.91 Å². The van der Waals surface area contributed by atoms with Crippen LogP contribution in [0.2, 0.25) is 0 Å². The zero-order chi connectivity index (χ0) is 12.5. The predicted octanol–water partition coefficient (Wildman–Crippen LogP) is 0.892. The van der Waals surface area contributed by atoms with E-state index in [0.29, 0.717) is 6.54 Å². The molecule has 0 aromatic carbocycles. The van der Waals surface area contributed by atoms with Gasteiger partial charge in [-0.25, -0.2) is 0 Å². The maximum absolute atomic E-state index is 12.2. The Labute approximate surface area is 103 Å². The van der Waals surface area contributed by atoms with Gasteiger partial charge in [-0.3, -0.25) is 9.69 Å². The lowest BCUT2D eigenvalue weighted by Gasteiger charge is -2.45. The number of likely N-dealkylation sites (N-methyl/N-ethyl adjacent to an activating group) is 1. The van der Waals surface area contributed by atoms with Crippen LogP contribution >= 0.6 is 0 Å². The van der Waals surface area contributed by atoms with Crippen LogP contribution in [0.3, 0.4) is 0 Å². The van der Waals surface area contributed by atoms with Gasteiger partial charge in [0, 0.05) is 6.54 Å². The fraction of sp³-hybridized carbons (Fsp3) is 0.923. The van der Waals surface area contributed by atoms with Gasteiger partial charge in [0.1, 0.15) is 0 Å². The quantitative estimate of drug-likeness (QED) is 0.767. The molecule has 0 heterocycles. The van der Waals surface area contributed by atoms with Crippen molar-refractivity contribution in [1.82, 2.24) is 10.2 Å². The molecule has 98 valence electrons. The number of carbonyl (C=O) groups excluding carboxylic acids is 1. The summed E-state index contributed by atoms with van der Waals surface area (Å²) in [5.41, 5.74) is -0.956. The van der Waals surface area contributed by atoms with E-state index in [1.54, 1.807) is 0 Å². The lowest BCUT2D eigenvalue weighted by Crippen LogP contribution is -2.61. The molecular weight excluding hydrogens is 216 g/mol. The van der Waals surface area contributed by atoms with Crippen LogP contribution in [0.4, 0.5) is 0 Å². The fourth-order valence-electron chi connectivity index (χ4n) is 3.01. The highest BCUT2D eigenvalue weighted by atomic mass is 16.3. The minimum Gasteiger partial charge on any atom is -0.388 e. The molecule has 2 saturated carbocycles. The molecule has 2 aliphatic carbocycles. The monoisotopic (exact) mass is 240 g/mol. The highest BCUT2D eigenvalue weighted by molar-refractivity contribution is 5.87. The Balaban J connectivity index is 1.88. The van der Waals surface area contributed by atoms with Crippen LogP contribution in [0.5, 0.6) is 0 Å². The summed E-state index contributed by atoms with van der Waals surface area (Å²) in [4.78, 5) is 14.2. The second kappa shape index (κ2) is 4.58. The third-order valence-corrected chi connectivity index (χ3v) is 4.57. The molecule has 4 nitrogen and oxygen atoms in total. The predicted molar refractivity (Wildman–Crippen MR) is 66.7 cm³/mol. The van der Waals surface area contributed by atoms with Crippen LogP contribution < -0.4 is 5.32 Å². The van der Waals surface area contributed by atoms with Gasteiger partial charge in [-0.2, -0.15) is 0 Å². The Bertz CT molecular complexity index is 292. The topological polar surface area (TPSA) is 52.6 Å². The average Bonchev–Trinajstić information content (AvgIpc) is 2.60. The second-order valence-corrected chi connectivity index (χ2v) is 5.89. The molecule has 2 N–H and O–H groups in total. The lowest BCUT2D eigenvalue weighted by atomic mass is 9.75. The summed E-state index contributed by atoms with van der Waals surface area (Å²) in [5.74, 6) is 0.0917. The standard InChI is InChI=1S/C13H24N2O2/c1-15(2)13(8-5-9-13)11(16)14-10-12(17)6-3-4-7-12/h17H,3-10H2,1-2H3,(H,14,16). The molecule has 2 fully saturated rings. The highest BCUT2D eigenvalue weighted by Crippen LogP contribution is 2.36. The molecule has 0 aromatic heterocycles. The van der Waals surface area contributed by atoms with Crippen LogP contribution in [-0.2, 0) is 4.79 Å². The smallest absolute Gasteiger partial charge is 0.240 e. The molecule has 17 heavy (non-hydrogen) atoms. The maximum atomic E-state index is 12.2. The van der Waals surface area contributed by atoms with Gasteiger partial charge in [0.15, 0.2) is 0 Å². The second-order valence-electron chi connectivity index (χ2n) is 5.89. The maximum Gasteiger partial charge on any atom is 0.240 e. The van der Waals surface area contributed by atoms with Crippen molar-refractivity contribution in [3.63, 3.8) is 0 Å². The Morgan fingerprint density at radius 1 is 1.18 bits per heavy atom. The lowest BCUT2D eigenvalue weighted by molar-refractivity contribution is -0.138. The van der Waals surface area contributed by atoms with Crippen LogP contribution in [-0.4, -0.2) is 47.7 Å². The molecule has 0 unspecified atom stereocenters. The summed E-state index contributed by atoms with van der Waals surface area (Å²) in [7, 11) is 3.92. The summed E-state index contributed by atoms with van der Waals surface area (Å²) in [5, 5.41) is 13.2. The van der Waals surface area contributed by atoms with Gasteiger partial charge in [-0.1, -0.05) is 12.8 Å². The van der Waals surface area contributed by atoms with Crippen LogP contribution in [0.15, 0.2) is 0 Å². The normalized spacial score (nSPS) is 25.6. The third-order valence-electron chi connectivity index (χ3n) is 4.57. The van der Waals surface area contributed by atoms with Crippen molar-refractivity contribution in [2.75, 3.05) is 20.6 Å². The average molecular weight is 240 g/mol. The van der Waals surface area contributed by atoms with Gasteiger partial charge < -0.3 is 10.4 Å². The molecule has 0 aromatic rings. The van der Waals surface area contributed by atoms with E-state index >= 15 is 0 Å². The Hall–Kier alpha value is -0.610. The van der Waals surface area contributed by atoms with Crippen molar-refractivity contribution in [1.29, 1.82) is 0 Å². The molecule has 2 rings (SSSR count). The van der Waals surface area contributed by atoms with E-state index in [1.807, 2.05) is 19.0 Å². The molecule has 0 spiro atoms. The molecular formula is C13H24N2O2. The fourth-order valence-corrected chi connectivity index (χ4v) is 3.01. The largest absolute Gasteiger partial charge is 0.388 e. The van der Waals surface area contributed by atoms with Crippen molar-refractivity contribution in [2.24, 2.45) is 0 Å². The minimum atomic E-state index is -0.646. The van der Waals surface area contributed by atoms with Crippen LogP contribution in [0.25, 0.3) is 0 Å². The van der Waals surface area contributed by atoms with Crippen molar-refractivity contribution in [3.8, 4) is 0 Å². The van der Waals surface area contributed by atoms with E-state index in [4.69, 9.17) is 0 Å². The zero-order valence-electron chi connectivity index (χ0n) is 11.0. The number of hydrogen-bond donors (Lipinski definition) is 2. The number of rotatable bonds is 4. The van der Waals surface area contributed by atoms with Gasteiger partial charge in [-0.05, 0) is 46.2 Å². The Morgan fingerprint density at radius 3 is 2.18 bits per heavy atom. The summed E-state index contributed by atoms with van der Waals surface area (Å²) in [6.45, 7) is 0.418. The first-order chi connectivity index (χ1) is 7.99. The van der Waals surface area contributed by atoms with E-state index in [-0.39, 0.29) is 11.4 Å². The number of carbonyl (C=O) groups is 1. The van der Waals surface area contributed by atoms with E-state index in [9.17, 15) is 9.90 Å². The zero-order valence-corrected chi connectivity index (χ0v) is 11.0. The van der Waals surface area contributed by atoms with Gasteiger partial charge >= 0.3 is 0 Å². The van der Waals surface area contributed by atoms with E-state index in [0.717, 1.165) is 44.9 Å². The number of aliphatic hydroxyl groups is 1. The van der Waals surface area contributed by atoms with Crippen molar-refractivity contribution >= 4 is 5.91 Å².